The van der Waals surface area contributed by atoms with Crippen molar-refractivity contribution < 1.29 is 9.63 Å². The topological polar surface area (TPSA) is 56.1 Å². The van der Waals surface area contributed by atoms with Crippen LogP contribution < -0.4 is 5.48 Å². The minimum absolute atomic E-state index is 0.305. The quantitative estimate of drug-likeness (QED) is 0.712. The van der Waals surface area contributed by atoms with Gasteiger partial charge in [-0.1, -0.05) is 60.7 Å². The van der Waals surface area contributed by atoms with E-state index < -0.39 is 0 Å². The van der Waals surface area contributed by atoms with E-state index in [0.29, 0.717) is 18.7 Å². The van der Waals surface area contributed by atoms with Crippen molar-refractivity contribution >= 4 is 5.91 Å². The summed E-state index contributed by atoms with van der Waals surface area (Å²) >= 11 is 0. The number of carbonyl (C=O) groups excluding carboxylic acids is 1. The summed E-state index contributed by atoms with van der Waals surface area (Å²) in [7, 11) is 0. The molecule has 0 atom stereocenters. The van der Waals surface area contributed by atoms with Gasteiger partial charge in [-0.05, 0) is 11.1 Å². The van der Waals surface area contributed by atoms with E-state index in [0.717, 1.165) is 11.1 Å². The number of nitrogens with one attached hydrogen (secondary N) is 1. The highest BCUT2D eigenvalue weighted by molar-refractivity contribution is 5.92. The molecule has 0 saturated heterocycles. The van der Waals surface area contributed by atoms with Gasteiger partial charge in [0.15, 0.2) is 0 Å². The Kier molecular flexibility index (Phi) is 4.81. The molecule has 0 aliphatic heterocycles. The zero-order chi connectivity index (χ0) is 15.9. The highest BCUT2D eigenvalue weighted by atomic mass is 16.6. The predicted octanol–water partition coefficient (Wildman–Crippen LogP) is 2.79. The Morgan fingerprint density at radius 3 is 2.35 bits per heavy atom. The molecule has 1 heterocycles. The molecule has 0 spiro atoms. The van der Waals surface area contributed by atoms with E-state index in [4.69, 9.17) is 4.84 Å². The lowest BCUT2D eigenvalue weighted by atomic mass is 10.2. The van der Waals surface area contributed by atoms with Gasteiger partial charge in [0.05, 0.1) is 24.9 Å². The molecule has 5 nitrogen and oxygen atoms in total. The van der Waals surface area contributed by atoms with E-state index in [1.54, 1.807) is 10.9 Å². The van der Waals surface area contributed by atoms with Crippen LogP contribution in [0.15, 0.2) is 73.1 Å². The largest absolute Gasteiger partial charge is 0.278 e. The molecule has 5 heteroatoms. The van der Waals surface area contributed by atoms with E-state index in [1.165, 1.54) is 6.20 Å². The Labute approximate surface area is 134 Å². The summed E-state index contributed by atoms with van der Waals surface area (Å²) in [6.07, 6.45) is 3.23. The fraction of sp³-hybridized carbons (Fsp3) is 0.111. The SMILES string of the molecule is O=C(NOCc1ccccc1)c1cnn(Cc2ccccc2)c1. The molecule has 1 aromatic heterocycles. The molecule has 0 fully saturated rings. The summed E-state index contributed by atoms with van der Waals surface area (Å²) < 4.78 is 1.72. The van der Waals surface area contributed by atoms with Gasteiger partial charge in [-0.2, -0.15) is 5.10 Å². The minimum atomic E-state index is -0.305. The maximum atomic E-state index is 12.0. The van der Waals surface area contributed by atoms with Crippen molar-refractivity contribution in [1.82, 2.24) is 15.3 Å². The summed E-state index contributed by atoms with van der Waals surface area (Å²) in [5.41, 5.74) is 5.02. The van der Waals surface area contributed by atoms with Crippen LogP contribution in [0.3, 0.4) is 0 Å². The van der Waals surface area contributed by atoms with Gasteiger partial charge in [-0.15, -0.1) is 0 Å². The van der Waals surface area contributed by atoms with Gasteiger partial charge in [0.1, 0.15) is 0 Å². The number of carbonyl (C=O) groups is 1. The molecule has 1 amide bonds. The number of hydrogen-bond acceptors (Lipinski definition) is 3. The highest BCUT2D eigenvalue weighted by Gasteiger charge is 2.09. The first-order chi connectivity index (χ1) is 11.3. The predicted molar refractivity (Wildman–Crippen MR) is 86.5 cm³/mol. The van der Waals surface area contributed by atoms with E-state index in [2.05, 4.69) is 10.6 Å². The molecule has 0 aliphatic carbocycles. The van der Waals surface area contributed by atoms with Gasteiger partial charge in [0, 0.05) is 6.20 Å². The monoisotopic (exact) mass is 307 g/mol. The van der Waals surface area contributed by atoms with Crippen molar-refractivity contribution in [2.45, 2.75) is 13.2 Å². The molecule has 0 aliphatic rings. The van der Waals surface area contributed by atoms with Crippen LogP contribution in [0.2, 0.25) is 0 Å². The molecule has 23 heavy (non-hydrogen) atoms. The smallest absolute Gasteiger partial charge is 0.269 e. The normalized spacial score (nSPS) is 10.4. The van der Waals surface area contributed by atoms with Crippen LogP contribution in [0.25, 0.3) is 0 Å². The Bertz CT molecular complexity index is 754. The summed E-state index contributed by atoms with van der Waals surface area (Å²) in [5.74, 6) is -0.305. The molecule has 0 bridgehead atoms. The standard InChI is InChI=1S/C18H17N3O2/c22-18(20-23-14-16-9-5-2-6-10-16)17-11-19-21(13-17)12-15-7-3-1-4-8-15/h1-11,13H,12,14H2,(H,20,22). The Balaban J connectivity index is 1.52. The van der Waals surface area contributed by atoms with Crippen LogP contribution in [0.5, 0.6) is 0 Å². The number of hydrogen-bond donors (Lipinski definition) is 1. The van der Waals surface area contributed by atoms with Gasteiger partial charge >= 0.3 is 0 Å². The first-order valence-corrected chi connectivity index (χ1v) is 7.34. The average Bonchev–Trinajstić information content (AvgIpc) is 3.05. The minimum Gasteiger partial charge on any atom is -0.269 e. The molecule has 116 valence electrons. The van der Waals surface area contributed by atoms with Crippen LogP contribution in [0.1, 0.15) is 21.5 Å². The summed E-state index contributed by atoms with van der Waals surface area (Å²) in [6, 6.07) is 19.6. The van der Waals surface area contributed by atoms with Crippen molar-refractivity contribution in [3.8, 4) is 0 Å². The third kappa shape index (κ3) is 4.28. The van der Waals surface area contributed by atoms with Gasteiger partial charge in [-0.25, -0.2) is 5.48 Å². The average molecular weight is 307 g/mol. The fourth-order valence-corrected chi connectivity index (χ4v) is 2.16. The second kappa shape index (κ2) is 7.38. The number of amides is 1. The molecule has 1 N–H and O–H groups in total. The molecular weight excluding hydrogens is 290 g/mol. The van der Waals surface area contributed by atoms with Crippen LogP contribution in [0.4, 0.5) is 0 Å². The number of nitrogens with zero attached hydrogens (tertiary/aromatic N) is 2. The first-order valence-electron chi connectivity index (χ1n) is 7.34. The number of benzene rings is 2. The molecule has 3 rings (SSSR count). The number of rotatable bonds is 6. The summed E-state index contributed by atoms with van der Waals surface area (Å²) in [6.45, 7) is 0.948. The van der Waals surface area contributed by atoms with Crippen LogP contribution in [-0.4, -0.2) is 15.7 Å². The third-order valence-electron chi connectivity index (χ3n) is 3.33. The number of hydroxylamine groups is 1. The molecule has 0 saturated carbocycles. The molecule has 3 aromatic rings. The fourth-order valence-electron chi connectivity index (χ4n) is 2.16. The van der Waals surface area contributed by atoms with E-state index in [-0.39, 0.29) is 5.91 Å². The van der Waals surface area contributed by atoms with Crippen molar-refractivity contribution in [3.63, 3.8) is 0 Å². The lowest BCUT2D eigenvalue weighted by molar-refractivity contribution is 0.0233. The van der Waals surface area contributed by atoms with Crippen molar-refractivity contribution in [3.05, 3.63) is 89.7 Å². The molecular formula is C18H17N3O2. The molecule has 0 radical (unpaired) electrons. The van der Waals surface area contributed by atoms with Crippen molar-refractivity contribution in [2.24, 2.45) is 0 Å². The first kappa shape index (κ1) is 15.0. The summed E-state index contributed by atoms with van der Waals surface area (Å²) in [5, 5.41) is 4.20. The Morgan fingerprint density at radius 2 is 1.65 bits per heavy atom. The Morgan fingerprint density at radius 1 is 1.00 bits per heavy atom. The molecule has 0 unspecified atom stereocenters. The van der Waals surface area contributed by atoms with Gasteiger partial charge in [0.25, 0.3) is 5.91 Å². The van der Waals surface area contributed by atoms with Gasteiger partial charge < -0.3 is 0 Å². The highest BCUT2D eigenvalue weighted by Crippen LogP contribution is 2.04. The van der Waals surface area contributed by atoms with Gasteiger partial charge in [0.2, 0.25) is 0 Å². The van der Waals surface area contributed by atoms with Crippen molar-refractivity contribution in [1.29, 1.82) is 0 Å². The maximum Gasteiger partial charge on any atom is 0.278 e. The van der Waals surface area contributed by atoms with Crippen molar-refractivity contribution in [2.75, 3.05) is 0 Å². The van der Waals surface area contributed by atoms with Crippen LogP contribution in [0, 0.1) is 0 Å². The lowest BCUT2D eigenvalue weighted by Crippen LogP contribution is -2.23. The maximum absolute atomic E-state index is 12.0. The third-order valence-corrected chi connectivity index (χ3v) is 3.33. The second-order valence-corrected chi connectivity index (χ2v) is 5.12. The Hall–Kier alpha value is -2.92. The van der Waals surface area contributed by atoms with E-state index in [9.17, 15) is 4.79 Å². The van der Waals surface area contributed by atoms with Crippen LogP contribution >= 0.6 is 0 Å². The van der Waals surface area contributed by atoms with E-state index in [1.807, 2.05) is 60.7 Å². The summed E-state index contributed by atoms with van der Waals surface area (Å²) in [4.78, 5) is 17.2. The van der Waals surface area contributed by atoms with Crippen LogP contribution in [-0.2, 0) is 18.0 Å². The zero-order valence-corrected chi connectivity index (χ0v) is 12.6. The second-order valence-electron chi connectivity index (χ2n) is 5.12. The lowest BCUT2D eigenvalue weighted by Gasteiger charge is -2.04. The van der Waals surface area contributed by atoms with E-state index >= 15 is 0 Å². The van der Waals surface area contributed by atoms with Gasteiger partial charge in [-0.3, -0.25) is 14.3 Å². The number of aromatic nitrogens is 2. The molecule has 2 aromatic carbocycles. The zero-order valence-electron chi connectivity index (χ0n) is 12.6.